The van der Waals surface area contributed by atoms with Crippen molar-refractivity contribution in [3.63, 3.8) is 0 Å². The number of rotatable bonds is 0. The number of nitrogens with zero attached hydrogens (tertiary/aromatic N) is 1. The first-order valence-corrected chi connectivity index (χ1v) is 6.55. The molecule has 1 saturated carbocycles. The predicted octanol–water partition coefficient (Wildman–Crippen LogP) is 1.61. The molecule has 0 aromatic heterocycles. The average Bonchev–Trinajstić information content (AvgIpc) is 2.46. The summed E-state index contributed by atoms with van der Waals surface area (Å²) in [5.41, 5.74) is 0.342. The molecule has 3 rings (SSSR count). The van der Waals surface area contributed by atoms with Gasteiger partial charge in [0.2, 0.25) is 0 Å². The summed E-state index contributed by atoms with van der Waals surface area (Å²) in [5, 5.41) is 3.50. The molecule has 3 aliphatic rings. The van der Waals surface area contributed by atoms with Crippen LogP contribution in [-0.4, -0.2) is 42.8 Å². The Bertz CT molecular complexity index is 343. The Morgan fingerprint density at radius 2 is 1.71 bits per heavy atom. The summed E-state index contributed by atoms with van der Waals surface area (Å²) in [6.45, 7) is 9.69. The van der Waals surface area contributed by atoms with Crippen molar-refractivity contribution in [3.8, 4) is 0 Å². The maximum Gasteiger partial charge on any atom is 0.410 e. The van der Waals surface area contributed by atoms with E-state index >= 15 is 0 Å². The number of hydrogen-bond acceptors (Lipinski definition) is 3. The van der Waals surface area contributed by atoms with E-state index in [0.29, 0.717) is 10.8 Å². The second kappa shape index (κ2) is 3.16. The fourth-order valence-corrected chi connectivity index (χ4v) is 3.77. The molecule has 4 heteroatoms. The minimum atomic E-state index is -0.387. The predicted molar refractivity (Wildman–Crippen MR) is 64.8 cm³/mol. The highest BCUT2D eigenvalue weighted by Gasteiger charge is 2.67. The molecule has 0 aromatic carbocycles. The van der Waals surface area contributed by atoms with Gasteiger partial charge in [-0.2, -0.15) is 0 Å². The zero-order valence-corrected chi connectivity index (χ0v) is 11.0. The van der Waals surface area contributed by atoms with Gasteiger partial charge in [0.05, 0.1) is 0 Å². The SMILES string of the molecule is CC(C)(C)OC(=O)N1CC23CCC2(CNC3)C1. The van der Waals surface area contributed by atoms with E-state index < -0.39 is 0 Å². The van der Waals surface area contributed by atoms with Crippen LogP contribution >= 0.6 is 0 Å². The highest BCUT2D eigenvalue weighted by molar-refractivity contribution is 5.69. The van der Waals surface area contributed by atoms with E-state index in [1.165, 1.54) is 12.8 Å². The first-order valence-electron chi connectivity index (χ1n) is 6.55. The van der Waals surface area contributed by atoms with Crippen molar-refractivity contribution in [2.45, 2.75) is 39.2 Å². The van der Waals surface area contributed by atoms with Crippen molar-refractivity contribution in [1.82, 2.24) is 10.2 Å². The molecule has 2 heterocycles. The van der Waals surface area contributed by atoms with Gasteiger partial charge in [0, 0.05) is 37.0 Å². The second-order valence-electron chi connectivity index (χ2n) is 7.00. The summed E-state index contributed by atoms with van der Waals surface area (Å²) < 4.78 is 5.47. The number of amides is 1. The van der Waals surface area contributed by atoms with E-state index in [9.17, 15) is 4.79 Å². The lowest BCUT2D eigenvalue weighted by Gasteiger charge is -2.48. The van der Waals surface area contributed by atoms with Gasteiger partial charge in [0.25, 0.3) is 0 Å². The summed E-state index contributed by atoms with van der Waals surface area (Å²) in [6, 6.07) is 0. The molecule has 17 heavy (non-hydrogen) atoms. The molecule has 1 aliphatic carbocycles. The number of hydrogen-bond donors (Lipinski definition) is 1. The quantitative estimate of drug-likeness (QED) is 0.697. The van der Waals surface area contributed by atoms with Gasteiger partial charge in [-0.25, -0.2) is 4.79 Å². The highest BCUT2D eigenvalue weighted by Crippen LogP contribution is 2.63. The highest BCUT2D eigenvalue weighted by atomic mass is 16.6. The van der Waals surface area contributed by atoms with Crippen LogP contribution < -0.4 is 5.32 Å². The molecule has 1 amide bonds. The third-order valence-electron chi connectivity index (χ3n) is 4.77. The average molecular weight is 238 g/mol. The maximum absolute atomic E-state index is 12.1. The van der Waals surface area contributed by atoms with Crippen molar-refractivity contribution in [3.05, 3.63) is 0 Å². The number of carbonyl (C=O) groups excluding carboxylic acids is 1. The van der Waals surface area contributed by atoms with Crippen LogP contribution in [0.1, 0.15) is 33.6 Å². The van der Waals surface area contributed by atoms with Crippen LogP contribution in [0.4, 0.5) is 4.79 Å². The van der Waals surface area contributed by atoms with Crippen LogP contribution in [0.2, 0.25) is 0 Å². The molecule has 2 aliphatic heterocycles. The molecular weight excluding hydrogens is 216 g/mol. The third-order valence-corrected chi connectivity index (χ3v) is 4.77. The molecule has 2 atom stereocenters. The molecule has 3 fully saturated rings. The summed E-state index contributed by atoms with van der Waals surface area (Å²) in [5.74, 6) is 0. The van der Waals surface area contributed by atoms with Crippen LogP contribution in [0.25, 0.3) is 0 Å². The van der Waals surface area contributed by atoms with Crippen LogP contribution in [-0.2, 0) is 4.74 Å². The van der Waals surface area contributed by atoms with E-state index in [4.69, 9.17) is 4.74 Å². The second-order valence-corrected chi connectivity index (χ2v) is 7.00. The molecule has 2 unspecified atom stereocenters. The van der Waals surface area contributed by atoms with Crippen molar-refractivity contribution in [2.75, 3.05) is 26.2 Å². The third kappa shape index (κ3) is 1.49. The van der Waals surface area contributed by atoms with Crippen LogP contribution in [0, 0.1) is 10.8 Å². The van der Waals surface area contributed by atoms with Crippen LogP contribution in [0.3, 0.4) is 0 Å². The monoisotopic (exact) mass is 238 g/mol. The zero-order chi connectivity index (χ0) is 12.3. The lowest BCUT2D eigenvalue weighted by molar-refractivity contribution is 0.0255. The number of nitrogens with one attached hydrogen (secondary N) is 1. The minimum Gasteiger partial charge on any atom is -0.444 e. The Morgan fingerprint density at radius 1 is 1.18 bits per heavy atom. The van der Waals surface area contributed by atoms with Gasteiger partial charge in [-0.1, -0.05) is 0 Å². The van der Waals surface area contributed by atoms with Gasteiger partial charge >= 0.3 is 6.09 Å². The van der Waals surface area contributed by atoms with Gasteiger partial charge in [-0.05, 0) is 33.6 Å². The summed E-state index contributed by atoms with van der Waals surface area (Å²) in [6.07, 6.45) is 2.39. The molecule has 96 valence electrons. The van der Waals surface area contributed by atoms with Crippen LogP contribution in [0.5, 0.6) is 0 Å². The molecule has 2 saturated heterocycles. The first kappa shape index (κ1) is 11.3. The minimum absolute atomic E-state index is 0.132. The largest absolute Gasteiger partial charge is 0.444 e. The molecule has 0 radical (unpaired) electrons. The Kier molecular flexibility index (Phi) is 2.11. The van der Waals surface area contributed by atoms with E-state index in [-0.39, 0.29) is 11.7 Å². The smallest absolute Gasteiger partial charge is 0.410 e. The maximum atomic E-state index is 12.1. The van der Waals surface area contributed by atoms with E-state index in [0.717, 1.165) is 26.2 Å². The van der Waals surface area contributed by atoms with Crippen molar-refractivity contribution in [2.24, 2.45) is 10.8 Å². The van der Waals surface area contributed by atoms with Crippen molar-refractivity contribution >= 4 is 6.09 Å². The lowest BCUT2D eigenvalue weighted by Crippen LogP contribution is -2.49. The fraction of sp³-hybridized carbons (Fsp3) is 0.923. The molecule has 4 nitrogen and oxygen atoms in total. The molecule has 0 bridgehead atoms. The van der Waals surface area contributed by atoms with Crippen LogP contribution in [0.15, 0.2) is 0 Å². The Balaban J connectivity index is 1.71. The van der Waals surface area contributed by atoms with Crippen molar-refractivity contribution < 1.29 is 9.53 Å². The van der Waals surface area contributed by atoms with Gasteiger partial charge in [-0.3, -0.25) is 0 Å². The van der Waals surface area contributed by atoms with Gasteiger partial charge < -0.3 is 15.0 Å². The fourth-order valence-electron chi connectivity index (χ4n) is 3.77. The number of likely N-dealkylation sites (tertiary alicyclic amines) is 1. The normalized spacial score (nSPS) is 39.6. The first-order chi connectivity index (χ1) is 7.86. The molecular formula is C13H22N2O2. The Morgan fingerprint density at radius 3 is 2.12 bits per heavy atom. The van der Waals surface area contributed by atoms with Gasteiger partial charge in [0.1, 0.15) is 5.60 Å². The molecule has 0 aromatic rings. The van der Waals surface area contributed by atoms with E-state index in [1.807, 2.05) is 25.7 Å². The van der Waals surface area contributed by atoms with Gasteiger partial charge in [0.15, 0.2) is 0 Å². The molecule has 0 spiro atoms. The Hall–Kier alpha value is -0.770. The molecule has 1 N–H and O–H groups in total. The summed E-state index contributed by atoms with van der Waals surface area (Å²) in [7, 11) is 0. The van der Waals surface area contributed by atoms with Crippen molar-refractivity contribution in [1.29, 1.82) is 0 Å². The Labute approximate surface area is 103 Å². The zero-order valence-electron chi connectivity index (χ0n) is 11.0. The topological polar surface area (TPSA) is 41.6 Å². The van der Waals surface area contributed by atoms with E-state index in [1.54, 1.807) is 0 Å². The lowest BCUT2D eigenvalue weighted by atomic mass is 9.53. The standard InChI is InChI=1S/C13H22N2O2/c1-11(2,3)17-10(16)15-8-12-4-5-13(12,9-15)7-14-6-12/h14H,4-9H2,1-3H3. The van der Waals surface area contributed by atoms with E-state index in [2.05, 4.69) is 5.32 Å². The summed E-state index contributed by atoms with van der Waals surface area (Å²) in [4.78, 5) is 14.0. The number of carbonyl (C=O) groups is 1. The number of ether oxygens (including phenoxy) is 1. The summed E-state index contributed by atoms with van der Waals surface area (Å²) >= 11 is 0. The van der Waals surface area contributed by atoms with Gasteiger partial charge in [-0.15, -0.1) is 0 Å².